The number of carbonyl (C=O) groups excluding carboxylic acids is 1. The molecule has 28 heavy (non-hydrogen) atoms. The van der Waals surface area contributed by atoms with E-state index in [-0.39, 0.29) is 22.9 Å². The van der Waals surface area contributed by atoms with Crippen LogP contribution in [0.5, 0.6) is 0 Å². The smallest absolute Gasteiger partial charge is 0.261 e. The van der Waals surface area contributed by atoms with E-state index in [2.05, 4.69) is 10.3 Å². The fraction of sp³-hybridized carbons (Fsp3) is 0.167. The molecule has 3 rings (SSSR count). The van der Waals surface area contributed by atoms with Crippen molar-refractivity contribution in [2.24, 2.45) is 5.14 Å². The van der Waals surface area contributed by atoms with E-state index in [4.69, 9.17) is 16.7 Å². The van der Waals surface area contributed by atoms with Crippen molar-refractivity contribution in [3.63, 3.8) is 0 Å². The maximum atomic E-state index is 12.4. The Kier molecular flexibility index (Phi) is 5.78. The lowest BCUT2D eigenvalue weighted by Crippen LogP contribution is -2.33. The summed E-state index contributed by atoms with van der Waals surface area (Å²) >= 11 is 5.91. The molecule has 0 aliphatic carbocycles. The second kappa shape index (κ2) is 8.09. The van der Waals surface area contributed by atoms with E-state index in [0.29, 0.717) is 28.9 Å². The summed E-state index contributed by atoms with van der Waals surface area (Å²) in [7, 11) is -3.73. The molecular formula is C18H17ClN4O4S. The van der Waals surface area contributed by atoms with Crippen LogP contribution in [0.4, 0.5) is 0 Å². The average Bonchev–Trinajstić information content (AvgIpc) is 2.64. The number of sulfonamides is 1. The molecule has 0 saturated heterocycles. The Morgan fingerprint density at radius 3 is 2.57 bits per heavy atom. The fourth-order valence-corrected chi connectivity index (χ4v) is 3.33. The van der Waals surface area contributed by atoms with Gasteiger partial charge in [-0.25, -0.2) is 18.5 Å². The second-order valence-corrected chi connectivity index (χ2v) is 8.13. The van der Waals surface area contributed by atoms with Gasteiger partial charge in [0.2, 0.25) is 15.9 Å². The van der Waals surface area contributed by atoms with Crippen molar-refractivity contribution in [1.29, 1.82) is 0 Å². The molecule has 0 atom stereocenters. The number of halogens is 1. The Morgan fingerprint density at radius 2 is 1.89 bits per heavy atom. The van der Waals surface area contributed by atoms with Crippen molar-refractivity contribution < 1.29 is 13.2 Å². The van der Waals surface area contributed by atoms with E-state index in [1.165, 1.54) is 29.1 Å². The van der Waals surface area contributed by atoms with Gasteiger partial charge >= 0.3 is 0 Å². The van der Waals surface area contributed by atoms with Crippen molar-refractivity contribution in [2.45, 2.75) is 17.9 Å². The number of rotatable bonds is 6. The van der Waals surface area contributed by atoms with Crippen LogP contribution in [-0.4, -0.2) is 30.4 Å². The number of aromatic nitrogens is 2. The number of fused-ring (bicyclic) bond motifs is 1. The van der Waals surface area contributed by atoms with E-state index in [9.17, 15) is 18.0 Å². The third-order valence-electron chi connectivity index (χ3n) is 4.09. The van der Waals surface area contributed by atoms with Crippen molar-refractivity contribution in [2.75, 3.05) is 6.54 Å². The Hall–Kier alpha value is -2.75. The van der Waals surface area contributed by atoms with Gasteiger partial charge in [-0.3, -0.25) is 14.2 Å². The lowest BCUT2D eigenvalue weighted by molar-refractivity contribution is -0.121. The largest absolute Gasteiger partial charge is 0.354 e. The number of hydrogen-bond acceptors (Lipinski definition) is 5. The summed E-state index contributed by atoms with van der Waals surface area (Å²) in [4.78, 5) is 28.8. The molecule has 0 saturated carbocycles. The topological polar surface area (TPSA) is 124 Å². The van der Waals surface area contributed by atoms with Gasteiger partial charge in [-0.05, 0) is 42.3 Å². The van der Waals surface area contributed by atoms with Gasteiger partial charge in [-0.15, -0.1) is 0 Å². The van der Waals surface area contributed by atoms with E-state index in [1.807, 2.05) is 0 Å². The maximum Gasteiger partial charge on any atom is 0.261 e. The molecule has 0 radical (unpaired) electrons. The van der Waals surface area contributed by atoms with Gasteiger partial charge in [0, 0.05) is 11.6 Å². The highest BCUT2D eigenvalue weighted by Crippen LogP contribution is 2.14. The van der Waals surface area contributed by atoms with Crippen molar-refractivity contribution in [3.05, 3.63) is 69.7 Å². The minimum absolute atomic E-state index is 0.0311. The molecule has 0 fully saturated rings. The first-order valence-corrected chi connectivity index (χ1v) is 10.2. The fourth-order valence-electron chi connectivity index (χ4n) is 2.65. The summed E-state index contributed by atoms with van der Waals surface area (Å²) in [5, 5.41) is 8.53. The Labute approximate surface area is 166 Å². The van der Waals surface area contributed by atoms with Gasteiger partial charge < -0.3 is 5.32 Å². The lowest BCUT2D eigenvalue weighted by Gasteiger charge is -2.08. The van der Waals surface area contributed by atoms with Gasteiger partial charge in [0.15, 0.2) is 0 Å². The van der Waals surface area contributed by atoms with Crippen LogP contribution in [-0.2, 0) is 27.8 Å². The zero-order chi connectivity index (χ0) is 20.3. The molecule has 1 amide bonds. The van der Waals surface area contributed by atoms with Gasteiger partial charge in [-0.1, -0.05) is 23.7 Å². The Balaban J connectivity index is 1.60. The monoisotopic (exact) mass is 420 g/mol. The minimum Gasteiger partial charge on any atom is -0.354 e. The molecule has 146 valence electrons. The average molecular weight is 421 g/mol. The van der Waals surface area contributed by atoms with Gasteiger partial charge in [0.05, 0.1) is 22.1 Å². The van der Waals surface area contributed by atoms with Crippen LogP contribution < -0.4 is 16.0 Å². The molecule has 1 heterocycles. The first kappa shape index (κ1) is 20.0. The van der Waals surface area contributed by atoms with E-state index >= 15 is 0 Å². The van der Waals surface area contributed by atoms with Crippen LogP contribution in [0.3, 0.4) is 0 Å². The minimum atomic E-state index is -3.73. The normalized spacial score (nSPS) is 11.5. The Bertz CT molecular complexity index is 1190. The summed E-state index contributed by atoms with van der Waals surface area (Å²) < 4.78 is 23.7. The highest BCUT2D eigenvalue weighted by Gasteiger charge is 2.09. The van der Waals surface area contributed by atoms with Crippen molar-refractivity contribution in [1.82, 2.24) is 14.9 Å². The molecule has 3 N–H and O–H groups in total. The predicted molar refractivity (Wildman–Crippen MR) is 106 cm³/mol. The molecule has 2 aromatic carbocycles. The quantitative estimate of drug-likeness (QED) is 0.616. The molecule has 1 aromatic heterocycles. The van der Waals surface area contributed by atoms with E-state index in [1.54, 1.807) is 24.3 Å². The predicted octanol–water partition coefficient (Wildman–Crippen LogP) is 1.06. The number of primary sulfonamides is 1. The first-order chi connectivity index (χ1) is 13.2. The summed E-state index contributed by atoms with van der Waals surface area (Å²) in [6, 6.07) is 10.9. The molecule has 0 spiro atoms. The van der Waals surface area contributed by atoms with Gasteiger partial charge in [0.1, 0.15) is 6.54 Å². The molecule has 0 bridgehead atoms. The molecule has 3 aromatic rings. The second-order valence-electron chi connectivity index (χ2n) is 6.13. The molecular weight excluding hydrogens is 404 g/mol. The summed E-state index contributed by atoms with van der Waals surface area (Å²) in [6.07, 6.45) is 1.82. The maximum absolute atomic E-state index is 12.4. The molecule has 8 nitrogen and oxygen atoms in total. The summed E-state index contributed by atoms with van der Waals surface area (Å²) in [5.74, 6) is -0.341. The number of nitrogens with one attached hydrogen (secondary N) is 1. The highest BCUT2D eigenvalue weighted by molar-refractivity contribution is 7.89. The zero-order valence-electron chi connectivity index (χ0n) is 14.6. The number of hydrogen-bond donors (Lipinski definition) is 2. The van der Waals surface area contributed by atoms with Crippen LogP contribution in [0.2, 0.25) is 5.02 Å². The van der Waals surface area contributed by atoms with Crippen LogP contribution in [0.25, 0.3) is 10.9 Å². The van der Waals surface area contributed by atoms with Crippen LogP contribution in [0.15, 0.2) is 58.5 Å². The third-order valence-corrected chi connectivity index (χ3v) is 5.25. The Morgan fingerprint density at radius 1 is 1.18 bits per heavy atom. The van der Waals surface area contributed by atoms with Crippen LogP contribution in [0, 0.1) is 0 Å². The van der Waals surface area contributed by atoms with E-state index in [0.717, 1.165) is 5.56 Å². The van der Waals surface area contributed by atoms with Gasteiger partial charge in [-0.2, -0.15) is 0 Å². The first-order valence-electron chi connectivity index (χ1n) is 8.27. The zero-order valence-corrected chi connectivity index (χ0v) is 16.2. The molecule has 0 aliphatic rings. The lowest BCUT2D eigenvalue weighted by atomic mass is 10.1. The standard InChI is InChI=1S/C18H17ClN4O4S/c19-13-3-6-16-15(9-13)18(25)23(11-22-16)10-17(24)21-8-7-12-1-4-14(5-2-12)28(20,26)27/h1-6,9,11H,7-8,10H2,(H,21,24)(H2,20,26,27). The number of benzene rings is 2. The highest BCUT2D eigenvalue weighted by atomic mass is 35.5. The number of nitrogens with zero attached hydrogens (tertiary/aromatic N) is 2. The molecule has 10 heteroatoms. The van der Waals surface area contributed by atoms with Crippen molar-refractivity contribution in [3.8, 4) is 0 Å². The third kappa shape index (κ3) is 4.75. The number of nitrogens with two attached hydrogens (primary N) is 1. The summed E-state index contributed by atoms with van der Waals surface area (Å²) in [5.41, 5.74) is 1.00. The molecule has 0 unspecified atom stereocenters. The number of carbonyl (C=O) groups is 1. The van der Waals surface area contributed by atoms with Crippen molar-refractivity contribution >= 4 is 38.4 Å². The number of amides is 1. The van der Waals surface area contributed by atoms with Crippen LogP contribution in [0.1, 0.15) is 5.56 Å². The summed E-state index contributed by atoms with van der Waals surface area (Å²) in [6.45, 7) is 0.161. The molecule has 0 aliphatic heterocycles. The SMILES string of the molecule is NS(=O)(=O)c1ccc(CCNC(=O)Cn2cnc3ccc(Cl)cc3c2=O)cc1. The van der Waals surface area contributed by atoms with E-state index < -0.39 is 10.0 Å². The van der Waals surface area contributed by atoms with Gasteiger partial charge in [0.25, 0.3) is 5.56 Å². The van der Waals surface area contributed by atoms with Crippen LogP contribution >= 0.6 is 11.6 Å².